The number of hydrogen-bond donors (Lipinski definition) is 0. The third kappa shape index (κ3) is 3.25. The van der Waals surface area contributed by atoms with Crippen molar-refractivity contribution in [2.24, 2.45) is 23.2 Å². The minimum Gasteiger partial charge on any atom is -0.380 e. The third-order valence-electron chi connectivity index (χ3n) is 8.49. The van der Waals surface area contributed by atoms with Gasteiger partial charge in [0.1, 0.15) is 15.4 Å². The first-order valence-electron chi connectivity index (χ1n) is 12.3. The molecule has 32 heavy (non-hydrogen) atoms. The van der Waals surface area contributed by atoms with Gasteiger partial charge in [-0.2, -0.15) is 0 Å². The van der Waals surface area contributed by atoms with Gasteiger partial charge in [-0.25, -0.2) is 9.97 Å². The Kier molecular flexibility index (Phi) is 4.95. The molecule has 6 heteroatoms. The molecule has 0 radical (unpaired) electrons. The van der Waals surface area contributed by atoms with Crippen molar-refractivity contribution in [3.05, 3.63) is 33.5 Å². The number of pyridine rings is 1. The predicted molar refractivity (Wildman–Crippen MR) is 129 cm³/mol. The first-order valence-corrected chi connectivity index (χ1v) is 13.1. The molecule has 4 bridgehead atoms. The number of ether oxygens (including phenoxy) is 1. The highest BCUT2D eigenvalue weighted by Crippen LogP contribution is 2.61. The van der Waals surface area contributed by atoms with Crippen LogP contribution in [0.3, 0.4) is 0 Å². The summed E-state index contributed by atoms with van der Waals surface area (Å²) in [6, 6.07) is 2.06. The molecule has 4 aliphatic rings. The van der Waals surface area contributed by atoms with Crippen molar-refractivity contribution < 1.29 is 4.74 Å². The summed E-state index contributed by atoms with van der Waals surface area (Å²) in [6.45, 7) is 5.42. The number of nitrogens with zero attached hydrogens (tertiary/aromatic N) is 3. The molecular weight excluding hydrogens is 418 g/mol. The maximum atomic E-state index is 13.7. The monoisotopic (exact) mass is 451 g/mol. The molecule has 0 spiro atoms. The molecule has 3 aromatic rings. The second-order valence-electron chi connectivity index (χ2n) is 10.8. The van der Waals surface area contributed by atoms with Crippen molar-refractivity contribution in [2.75, 3.05) is 7.11 Å². The summed E-state index contributed by atoms with van der Waals surface area (Å²) in [7, 11) is 1.71. The molecule has 0 amide bonds. The summed E-state index contributed by atoms with van der Waals surface area (Å²) in [5, 5.41) is 0.998. The molecule has 4 aliphatic carbocycles. The highest BCUT2D eigenvalue weighted by molar-refractivity contribution is 7.25. The SMILES string of the molecule is CCc1nc2c(sc3nc(C)cc(COC)c32)c(=O)n1CCC12CC3CC(CC(C3)C1)C2. The maximum Gasteiger partial charge on any atom is 0.271 e. The van der Waals surface area contributed by atoms with E-state index in [2.05, 4.69) is 13.0 Å². The summed E-state index contributed by atoms with van der Waals surface area (Å²) >= 11 is 1.50. The molecule has 4 saturated carbocycles. The number of hydrogen-bond acceptors (Lipinski definition) is 5. The van der Waals surface area contributed by atoms with E-state index >= 15 is 0 Å². The lowest BCUT2D eigenvalue weighted by molar-refractivity contribution is -0.0593. The van der Waals surface area contributed by atoms with Gasteiger partial charge in [0.05, 0.1) is 12.1 Å². The summed E-state index contributed by atoms with van der Waals surface area (Å²) in [5.74, 6) is 3.75. The van der Waals surface area contributed by atoms with Gasteiger partial charge >= 0.3 is 0 Å². The molecule has 7 rings (SSSR count). The van der Waals surface area contributed by atoms with Crippen LogP contribution in [0.15, 0.2) is 10.9 Å². The van der Waals surface area contributed by atoms with Gasteiger partial charge < -0.3 is 4.74 Å². The van der Waals surface area contributed by atoms with Crippen LogP contribution in [0.2, 0.25) is 0 Å². The first kappa shape index (κ1) is 20.8. The Hall–Kier alpha value is -1.79. The Morgan fingerprint density at radius 1 is 1.16 bits per heavy atom. The highest BCUT2D eigenvalue weighted by atomic mass is 32.1. The lowest BCUT2D eigenvalue weighted by Gasteiger charge is -2.57. The van der Waals surface area contributed by atoms with Crippen molar-refractivity contribution in [1.82, 2.24) is 14.5 Å². The van der Waals surface area contributed by atoms with E-state index < -0.39 is 0 Å². The Bertz CT molecular complexity index is 1220. The van der Waals surface area contributed by atoms with E-state index in [4.69, 9.17) is 14.7 Å². The minimum absolute atomic E-state index is 0.126. The van der Waals surface area contributed by atoms with Crippen LogP contribution in [0.25, 0.3) is 20.4 Å². The van der Waals surface area contributed by atoms with Crippen LogP contribution in [-0.2, 0) is 24.3 Å². The van der Waals surface area contributed by atoms with Crippen LogP contribution >= 0.6 is 11.3 Å². The Morgan fingerprint density at radius 3 is 2.47 bits per heavy atom. The van der Waals surface area contributed by atoms with Gasteiger partial charge in [0.15, 0.2) is 0 Å². The Balaban J connectivity index is 1.41. The standard InChI is InChI=1S/C26H33N3O2S/c1-4-20-28-22-21-19(14-31-3)7-15(2)27-24(21)32-23(22)25(30)29(20)6-5-26-11-16-8-17(12-26)10-18(9-16)13-26/h7,16-18H,4-6,8-14H2,1-3H3. The predicted octanol–water partition coefficient (Wildman–Crippen LogP) is 5.63. The van der Waals surface area contributed by atoms with E-state index in [9.17, 15) is 4.79 Å². The molecular formula is C26H33N3O2S. The first-order chi connectivity index (χ1) is 15.5. The molecule has 3 heterocycles. The molecule has 3 aromatic heterocycles. The molecule has 0 unspecified atom stereocenters. The van der Waals surface area contributed by atoms with Crippen molar-refractivity contribution >= 4 is 31.8 Å². The molecule has 0 N–H and O–H groups in total. The molecule has 4 fully saturated rings. The lowest BCUT2D eigenvalue weighted by atomic mass is 9.49. The number of aromatic nitrogens is 3. The molecule has 0 saturated heterocycles. The maximum absolute atomic E-state index is 13.7. The number of aryl methyl sites for hydroxylation is 2. The van der Waals surface area contributed by atoms with E-state index in [-0.39, 0.29) is 5.56 Å². The number of thiophene rings is 1. The Labute approximate surface area is 193 Å². The summed E-state index contributed by atoms with van der Waals surface area (Å²) in [6.07, 6.45) is 10.4. The third-order valence-corrected chi connectivity index (χ3v) is 9.55. The van der Waals surface area contributed by atoms with Crippen LogP contribution in [0.4, 0.5) is 0 Å². The van der Waals surface area contributed by atoms with Crippen LogP contribution in [0.5, 0.6) is 0 Å². The van der Waals surface area contributed by atoms with Gasteiger partial charge in [0.2, 0.25) is 0 Å². The number of fused-ring (bicyclic) bond motifs is 3. The van der Waals surface area contributed by atoms with E-state index in [1.807, 2.05) is 11.5 Å². The van der Waals surface area contributed by atoms with Crippen molar-refractivity contribution in [1.29, 1.82) is 0 Å². The van der Waals surface area contributed by atoms with Crippen LogP contribution in [-0.4, -0.2) is 21.6 Å². The van der Waals surface area contributed by atoms with Crippen molar-refractivity contribution in [3.63, 3.8) is 0 Å². The van der Waals surface area contributed by atoms with E-state index in [0.29, 0.717) is 12.0 Å². The van der Waals surface area contributed by atoms with E-state index in [1.165, 1.54) is 49.9 Å². The number of methoxy groups -OCH3 is 1. The number of rotatable bonds is 6. The molecule has 5 nitrogen and oxygen atoms in total. The average molecular weight is 452 g/mol. The van der Waals surface area contributed by atoms with Gasteiger partial charge in [-0.1, -0.05) is 6.92 Å². The molecule has 0 aliphatic heterocycles. The zero-order valence-electron chi connectivity index (χ0n) is 19.4. The van der Waals surface area contributed by atoms with Gasteiger partial charge in [-0.3, -0.25) is 9.36 Å². The molecule has 170 valence electrons. The average Bonchev–Trinajstić information content (AvgIpc) is 3.10. The molecule has 0 aromatic carbocycles. The van der Waals surface area contributed by atoms with Crippen molar-refractivity contribution in [3.8, 4) is 0 Å². The van der Waals surface area contributed by atoms with Gasteiger partial charge in [-0.15, -0.1) is 11.3 Å². The zero-order valence-corrected chi connectivity index (χ0v) is 20.3. The Morgan fingerprint density at radius 2 is 1.84 bits per heavy atom. The second-order valence-corrected chi connectivity index (χ2v) is 11.8. The fourth-order valence-corrected chi connectivity index (χ4v) is 8.85. The van der Waals surface area contributed by atoms with Gasteiger partial charge in [0, 0.05) is 31.2 Å². The minimum atomic E-state index is 0.126. The fourth-order valence-electron chi connectivity index (χ4n) is 7.69. The van der Waals surface area contributed by atoms with Crippen LogP contribution < -0.4 is 5.56 Å². The lowest BCUT2D eigenvalue weighted by Crippen LogP contribution is -2.46. The van der Waals surface area contributed by atoms with E-state index in [1.54, 1.807) is 7.11 Å². The summed E-state index contributed by atoms with van der Waals surface area (Å²) in [4.78, 5) is 24.4. The molecule has 0 atom stereocenters. The zero-order chi connectivity index (χ0) is 22.0. The van der Waals surface area contributed by atoms with E-state index in [0.717, 1.165) is 74.7 Å². The second kappa shape index (κ2) is 7.63. The summed E-state index contributed by atoms with van der Waals surface area (Å²) in [5.41, 5.74) is 3.44. The smallest absolute Gasteiger partial charge is 0.271 e. The highest BCUT2D eigenvalue weighted by Gasteiger charge is 2.50. The largest absolute Gasteiger partial charge is 0.380 e. The topological polar surface area (TPSA) is 57.0 Å². The normalized spacial score (nSPS) is 28.9. The van der Waals surface area contributed by atoms with Crippen LogP contribution in [0.1, 0.15) is 69.0 Å². The van der Waals surface area contributed by atoms with Gasteiger partial charge in [-0.05, 0) is 86.7 Å². The van der Waals surface area contributed by atoms with Gasteiger partial charge in [0.25, 0.3) is 5.56 Å². The quantitative estimate of drug-likeness (QED) is 0.487. The fraction of sp³-hybridized carbons (Fsp3) is 0.654. The summed E-state index contributed by atoms with van der Waals surface area (Å²) < 4.78 is 8.19. The van der Waals surface area contributed by atoms with Crippen LogP contribution in [0, 0.1) is 30.1 Å². The van der Waals surface area contributed by atoms with Crippen molar-refractivity contribution in [2.45, 2.75) is 78.4 Å².